The molecule has 3 heteroatoms. The summed E-state index contributed by atoms with van der Waals surface area (Å²) in [6.45, 7) is 0.858. The van der Waals surface area contributed by atoms with Gasteiger partial charge in [0.2, 0.25) is 0 Å². The number of hydrogen-bond donors (Lipinski definition) is 1. The maximum atomic E-state index is 6.64. The monoisotopic (exact) mass is 282 g/mol. The fourth-order valence-electron chi connectivity index (χ4n) is 3.94. The second-order valence-electron chi connectivity index (χ2n) is 6.59. The highest BCUT2D eigenvalue weighted by atomic mass is 16.5. The lowest BCUT2D eigenvalue weighted by atomic mass is 9.69. The lowest BCUT2D eigenvalue weighted by molar-refractivity contribution is -0.146. The SMILES string of the molecule is NC(c1cccc2cccnc12)C1CCOC2(CCC2)C1. The maximum Gasteiger partial charge on any atom is 0.0749 e. The second kappa shape index (κ2) is 5.08. The molecule has 0 bridgehead atoms. The molecule has 2 atom stereocenters. The zero-order valence-corrected chi connectivity index (χ0v) is 12.3. The Kier molecular flexibility index (Phi) is 3.20. The van der Waals surface area contributed by atoms with E-state index in [0.717, 1.165) is 25.0 Å². The van der Waals surface area contributed by atoms with Crippen LogP contribution in [0.5, 0.6) is 0 Å². The summed E-state index contributed by atoms with van der Waals surface area (Å²) < 4.78 is 6.03. The number of ether oxygens (including phenoxy) is 1. The summed E-state index contributed by atoms with van der Waals surface area (Å²) >= 11 is 0. The summed E-state index contributed by atoms with van der Waals surface area (Å²) in [5.41, 5.74) is 9.04. The molecular weight excluding hydrogens is 260 g/mol. The number of aromatic nitrogens is 1. The van der Waals surface area contributed by atoms with Crippen molar-refractivity contribution in [2.45, 2.75) is 43.7 Å². The Hall–Kier alpha value is -1.45. The van der Waals surface area contributed by atoms with E-state index in [2.05, 4.69) is 29.2 Å². The molecule has 0 radical (unpaired) electrons. The fourth-order valence-corrected chi connectivity index (χ4v) is 3.94. The molecule has 2 heterocycles. The van der Waals surface area contributed by atoms with Gasteiger partial charge in [-0.15, -0.1) is 0 Å². The van der Waals surface area contributed by atoms with Crippen LogP contribution in [0.4, 0.5) is 0 Å². The highest BCUT2D eigenvalue weighted by Gasteiger charge is 2.44. The Labute approximate surface area is 125 Å². The molecule has 21 heavy (non-hydrogen) atoms. The van der Waals surface area contributed by atoms with Crippen LogP contribution in [-0.2, 0) is 4.74 Å². The van der Waals surface area contributed by atoms with Crippen molar-refractivity contribution in [3.8, 4) is 0 Å². The minimum Gasteiger partial charge on any atom is -0.375 e. The van der Waals surface area contributed by atoms with Gasteiger partial charge in [0.15, 0.2) is 0 Å². The first-order valence-electron chi connectivity index (χ1n) is 8.01. The van der Waals surface area contributed by atoms with Gasteiger partial charge in [0.05, 0.1) is 11.1 Å². The minimum atomic E-state index is 0.0602. The van der Waals surface area contributed by atoms with Gasteiger partial charge in [0.25, 0.3) is 0 Å². The first kappa shape index (κ1) is 13.2. The second-order valence-corrected chi connectivity index (χ2v) is 6.59. The molecule has 2 N–H and O–H groups in total. The summed E-state index contributed by atoms with van der Waals surface area (Å²) in [7, 11) is 0. The Morgan fingerprint density at radius 3 is 2.90 bits per heavy atom. The van der Waals surface area contributed by atoms with Gasteiger partial charge < -0.3 is 10.5 Å². The zero-order chi connectivity index (χ0) is 14.3. The number of fused-ring (bicyclic) bond motifs is 1. The standard InChI is InChI=1S/C18H22N2O/c19-16(14-7-11-21-18(12-14)8-3-9-18)15-6-1-4-13-5-2-10-20-17(13)15/h1-2,4-6,10,14,16H,3,7-9,11-12,19H2. The molecule has 0 amide bonds. The molecule has 1 spiro atoms. The third kappa shape index (κ3) is 2.25. The van der Waals surface area contributed by atoms with Crippen LogP contribution in [0.3, 0.4) is 0 Å². The van der Waals surface area contributed by atoms with Crippen LogP contribution in [0.2, 0.25) is 0 Å². The van der Waals surface area contributed by atoms with Gasteiger partial charge in [-0.25, -0.2) is 0 Å². The molecule has 2 aliphatic rings. The van der Waals surface area contributed by atoms with E-state index in [4.69, 9.17) is 10.5 Å². The molecule has 1 aromatic carbocycles. The van der Waals surface area contributed by atoms with Crippen molar-refractivity contribution in [3.05, 3.63) is 42.1 Å². The van der Waals surface area contributed by atoms with E-state index < -0.39 is 0 Å². The van der Waals surface area contributed by atoms with Crippen molar-refractivity contribution >= 4 is 10.9 Å². The van der Waals surface area contributed by atoms with Gasteiger partial charge in [-0.05, 0) is 49.7 Å². The van der Waals surface area contributed by atoms with E-state index in [-0.39, 0.29) is 11.6 Å². The molecular formula is C18H22N2O. The van der Waals surface area contributed by atoms with Gasteiger partial charge >= 0.3 is 0 Å². The predicted molar refractivity (Wildman–Crippen MR) is 83.9 cm³/mol. The normalized spacial score (nSPS) is 25.7. The van der Waals surface area contributed by atoms with Crippen LogP contribution >= 0.6 is 0 Å². The number of nitrogens with two attached hydrogens (primary N) is 1. The first-order valence-corrected chi connectivity index (χ1v) is 8.01. The van der Waals surface area contributed by atoms with Crippen LogP contribution in [-0.4, -0.2) is 17.2 Å². The van der Waals surface area contributed by atoms with Crippen molar-refractivity contribution in [3.63, 3.8) is 0 Å². The van der Waals surface area contributed by atoms with Crippen LogP contribution in [0.1, 0.15) is 43.7 Å². The topological polar surface area (TPSA) is 48.1 Å². The van der Waals surface area contributed by atoms with Crippen molar-refractivity contribution in [1.82, 2.24) is 4.98 Å². The third-order valence-corrected chi connectivity index (χ3v) is 5.33. The van der Waals surface area contributed by atoms with Gasteiger partial charge in [-0.1, -0.05) is 24.3 Å². The van der Waals surface area contributed by atoms with Gasteiger partial charge in [-0.2, -0.15) is 0 Å². The van der Waals surface area contributed by atoms with Crippen LogP contribution in [0, 0.1) is 5.92 Å². The number of hydrogen-bond acceptors (Lipinski definition) is 3. The Morgan fingerprint density at radius 1 is 1.24 bits per heavy atom. The van der Waals surface area contributed by atoms with E-state index in [1.807, 2.05) is 12.3 Å². The molecule has 1 saturated carbocycles. The van der Waals surface area contributed by atoms with E-state index in [9.17, 15) is 0 Å². The quantitative estimate of drug-likeness (QED) is 0.915. The minimum absolute atomic E-state index is 0.0602. The number of para-hydroxylation sites is 1. The lowest BCUT2D eigenvalue weighted by Crippen LogP contribution is -2.47. The fraction of sp³-hybridized carbons (Fsp3) is 0.500. The average molecular weight is 282 g/mol. The van der Waals surface area contributed by atoms with E-state index in [0.29, 0.717) is 5.92 Å². The molecule has 2 aromatic rings. The molecule has 4 rings (SSSR count). The maximum absolute atomic E-state index is 6.64. The molecule has 1 aliphatic heterocycles. The van der Waals surface area contributed by atoms with Gasteiger partial charge in [0.1, 0.15) is 0 Å². The smallest absolute Gasteiger partial charge is 0.0749 e. The van der Waals surface area contributed by atoms with Crippen molar-refractivity contribution in [1.29, 1.82) is 0 Å². The molecule has 2 fully saturated rings. The van der Waals surface area contributed by atoms with Crippen LogP contribution < -0.4 is 5.73 Å². The molecule has 2 unspecified atom stereocenters. The summed E-state index contributed by atoms with van der Waals surface area (Å²) in [5, 5.41) is 1.18. The number of nitrogens with zero attached hydrogens (tertiary/aromatic N) is 1. The molecule has 3 nitrogen and oxygen atoms in total. The third-order valence-electron chi connectivity index (χ3n) is 5.33. The number of pyridine rings is 1. The Balaban J connectivity index is 1.65. The summed E-state index contributed by atoms with van der Waals surface area (Å²) in [5.74, 6) is 0.506. The van der Waals surface area contributed by atoms with Crippen LogP contribution in [0.25, 0.3) is 10.9 Å². The number of rotatable bonds is 2. The van der Waals surface area contributed by atoms with Crippen molar-refractivity contribution < 1.29 is 4.74 Å². The van der Waals surface area contributed by atoms with E-state index in [1.165, 1.54) is 30.2 Å². The molecule has 1 aromatic heterocycles. The Morgan fingerprint density at radius 2 is 2.10 bits per heavy atom. The van der Waals surface area contributed by atoms with Gasteiger partial charge in [0, 0.05) is 24.2 Å². The number of benzene rings is 1. The highest BCUT2D eigenvalue weighted by Crippen LogP contribution is 2.47. The predicted octanol–water partition coefficient (Wildman–Crippen LogP) is 3.58. The van der Waals surface area contributed by atoms with Crippen molar-refractivity contribution in [2.75, 3.05) is 6.61 Å². The lowest BCUT2D eigenvalue weighted by Gasteiger charge is -2.48. The molecule has 110 valence electrons. The summed E-state index contributed by atoms with van der Waals surface area (Å²) in [4.78, 5) is 4.56. The van der Waals surface area contributed by atoms with Crippen LogP contribution in [0.15, 0.2) is 36.5 Å². The van der Waals surface area contributed by atoms with E-state index in [1.54, 1.807) is 0 Å². The zero-order valence-electron chi connectivity index (χ0n) is 12.3. The summed E-state index contributed by atoms with van der Waals surface area (Å²) in [6.07, 6.45) is 7.76. The first-order chi connectivity index (χ1) is 10.3. The largest absolute Gasteiger partial charge is 0.375 e. The Bertz CT molecular complexity index is 645. The van der Waals surface area contributed by atoms with Gasteiger partial charge in [-0.3, -0.25) is 4.98 Å². The molecule has 1 aliphatic carbocycles. The highest BCUT2D eigenvalue weighted by molar-refractivity contribution is 5.82. The summed E-state index contributed by atoms with van der Waals surface area (Å²) in [6, 6.07) is 10.5. The van der Waals surface area contributed by atoms with Crippen molar-refractivity contribution in [2.24, 2.45) is 11.7 Å². The van der Waals surface area contributed by atoms with E-state index >= 15 is 0 Å². The average Bonchev–Trinajstić information content (AvgIpc) is 2.52. The molecule has 1 saturated heterocycles.